The Morgan fingerprint density at radius 1 is 1.26 bits per heavy atom. The van der Waals surface area contributed by atoms with Gasteiger partial charge in [0.25, 0.3) is 0 Å². The number of aryl methyl sites for hydroxylation is 2. The molecule has 0 saturated carbocycles. The second-order valence-electron chi connectivity index (χ2n) is 5.40. The van der Waals surface area contributed by atoms with Gasteiger partial charge in [-0.2, -0.15) is 0 Å². The lowest BCUT2D eigenvalue weighted by Gasteiger charge is -2.26. The summed E-state index contributed by atoms with van der Waals surface area (Å²) in [4.78, 5) is 2.33. The summed E-state index contributed by atoms with van der Waals surface area (Å²) in [5.41, 5.74) is 9.42. The molecule has 0 unspecified atom stereocenters. The van der Waals surface area contributed by atoms with Crippen molar-refractivity contribution in [1.29, 1.82) is 0 Å². The maximum atomic E-state index is 8.59. The van der Waals surface area contributed by atoms with Crippen LogP contribution in [0.2, 0.25) is 0 Å². The van der Waals surface area contributed by atoms with Crippen molar-refractivity contribution in [3.63, 3.8) is 0 Å². The van der Waals surface area contributed by atoms with Gasteiger partial charge >= 0.3 is 0 Å². The maximum absolute atomic E-state index is 8.59. The number of nitrogens with two attached hydrogens (primary N) is 1. The molecule has 0 saturated heterocycles. The average molecular weight is 263 g/mol. The van der Waals surface area contributed by atoms with Crippen LogP contribution < -0.4 is 5.73 Å². The van der Waals surface area contributed by atoms with Crippen LogP contribution in [-0.4, -0.2) is 28.5 Å². The number of benzene rings is 1. The third-order valence-corrected chi connectivity index (χ3v) is 3.18. The summed E-state index contributed by atoms with van der Waals surface area (Å²) in [7, 11) is 0. The summed E-state index contributed by atoms with van der Waals surface area (Å²) in [5, 5.41) is 11.6. The molecule has 19 heavy (non-hydrogen) atoms. The van der Waals surface area contributed by atoms with E-state index in [1.165, 1.54) is 16.7 Å². The maximum Gasteiger partial charge on any atom is 0.140 e. The summed E-state index contributed by atoms with van der Waals surface area (Å²) in [6.07, 6.45) is 0.583. The molecule has 1 rings (SSSR count). The van der Waals surface area contributed by atoms with Crippen molar-refractivity contribution in [2.45, 2.75) is 46.7 Å². The van der Waals surface area contributed by atoms with Crippen LogP contribution in [0.5, 0.6) is 0 Å². The van der Waals surface area contributed by atoms with Gasteiger partial charge in [-0.25, -0.2) is 0 Å². The van der Waals surface area contributed by atoms with E-state index in [-0.39, 0.29) is 5.84 Å². The topological polar surface area (TPSA) is 61.8 Å². The van der Waals surface area contributed by atoms with Gasteiger partial charge in [-0.05, 0) is 33.3 Å². The first kappa shape index (κ1) is 15.5. The summed E-state index contributed by atoms with van der Waals surface area (Å²) in [6, 6.07) is 7.03. The van der Waals surface area contributed by atoms with Gasteiger partial charge in [0.05, 0.1) is 0 Å². The molecule has 0 aromatic heterocycles. The zero-order valence-electron chi connectivity index (χ0n) is 12.3. The highest BCUT2D eigenvalue weighted by atomic mass is 16.4. The molecule has 106 valence electrons. The molecule has 0 fully saturated rings. The first-order valence-electron chi connectivity index (χ1n) is 6.70. The van der Waals surface area contributed by atoms with Crippen molar-refractivity contribution in [3.05, 3.63) is 34.9 Å². The van der Waals surface area contributed by atoms with Crippen LogP contribution in [0.1, 0.15) is 37.0 Å². The summed E-state index contributed by atoms with van der Waals surface area (Å²) >= 11 is 0. The van der Waals surface area contributed by atoms with Crippen molar-refractivity contribution in [1.82, 2.24) is 4.90 Å². The monoisotopic (exact) mass is 263 g/mol. The Hall–Kier alpha value is -1.55. The molecule has 4 nitrogen and oxygen atoms in total. The quantitative estimate of drug-likeness (QED) is 0.359. The van der Waals surface area contributed by atoms with Gasteiger partial charge in [-0.15, -0.1) is 0 Å². The van der Waals surface area contributed by atoms with Crippen molar-refractivity contribution >= 4 is 5.84 Å². The predicted octanol–water partition coefficient (Wildman–Crippen LogP) is 2.65. The largest absolute Gasteiger partial charge is 0.409 e. The fourth-order valence-corrected chi connectivity index (χ4v) is 2.22. The van der Waals surface area contributed by atoms with Crippen LogP contribution in [0.4, 0.5) is 0 Å². The molecular weight excluding hydrogens is 238 g/mol. The van der Waals surface area contributed by atoms with Crippen molar-refractivity contribution < 1.29 is 5.21 Å². The molecule has 0 aliphatic rings. The lowest BCUT2D eigenvalue weighted by atomic mass is 10.1. The molecular formula is C15H25N3O. The lowest BCUT2D eigenvalue weighted by molar-refractivity contribution is 0.217. The molecule has 0 heterocycles. The molecule has 0 atom stereocenters. The number of nitrogens with zero attached hydrogens (tertiary/aromatic N) is 2. The molecule has 0 amide bonds. The number of oxime groups is 1. The van der Waals surface area contributed by atoms with E-state index in [1.54, 1.807) is 0 Å². The molecule has 3 N–H and O–H groups in total. The molecule has 0 aliphatic carbocycles. The van der Waals surface area contributed by atoms with Crippen molar-refractivity contribution in [3.8, 4) is 0 Å². The third kappa shape index (κ3) is 5.30. The summed E-state index contributed by atoms with van der Waals surface area (Å²) in [6.45, 7) is 10.2. The molecule has 1 aromatic carbocycles. The van der Waals surface area contributed by atoms with Crippen molar-refractivity contribution in [2.24, 2.45) is 10.9 Å². The van der Waals surface area contributed by atoms with Gasteiger partial charge in [-0.3, -0.25) is 4.90 Å². The Balaban J connectivity index is 2.72. The summed E-state index contributed by atoms with van der Waals surface area (Å²) in [5.74, 6) is 0.283. The second-order valence-corrected chi connectivity index (χ2v) is 5.40. The zero-order chi connectivity index (χ0) is 14.4. The Bertz CT molecular complexity index is 421. The van der Waals surface area contributed by atoms with Crippen LogP contribution in [-0.2, 0) is 6.54 Å². The molecule has 0 spiro atoms. The minimum absolute atomic E-state index is 0.283. The second kappa shape index (κ2) is 7.14. The standard InChI is InChI=1S/C15H25N3O/c1-11(2)18(6-5-15(16)17-19)10-14-8-12(3)7-13(4)9-14/h7-9,11,19H,5-6,10H2,1-4H3,(H2,16,17). The van der Waals surface area contributed by atoms with Crippen molar-refractivity contribution in [2.75, 3.05) is 6.54 Å². The van der Waals surface area contributed by atoms with E-state index in [2.05, 4.69) is 55.9 Å². The number of hydrogen-bond donors (Lipinski definition) is 2. The van der Waals surface area contributed by atoms with Gasteiger partial charge in [-0.1, -0.05) is 34.5 Å². The minimum atomic E-state index is 0.283. The lowest BCUT2D eigenvalue weighted by Crippen LogP contribution is -2.33. The molecule has 4 heteroatoms. The van der Waals surface area contributed by atoms with E-state index >= 15 is 0 Å². The predicted molar refractivity (Wildman–Crippen MR) is 79.5 cm³/mol. The van der Waals surface area contributed by atoms with Crippen LogP contribution in [0, 0.1) is 13.8 Å². The highest BCUT2D eigenvalue weighted by Crippen LogP contribution is 2.13. The third-order valence-electron chi connectivity index (χ3n) is 3.18. The van der Waals surface area contributed by atoms with E-state index in [0.717, 1.165) is 13.1 Å². The SMILES string of the molecule is Cc1cc(C)cc(CN(CCC(N)=NO)C(C)C)c1. The number of amidine groups is 1. The van der Waals surface area contributed by atoms with E-state index in [1.807, 2.05) is 0 Å². The Morgan fingerprint density at radius 2 is 1.84 bits per heavy atom. The smallest absolute Gasteiger partial charge is 0.140 e. The van der Waals surface area contributed by atoms with Gasteiger partial charge in [0.15, 0.2) is 0 Å². The van der Waals surface area contributed by atoms with Crippen LogP contribution in [0.15, 0.2) is 23.4 Å². The first-order chi connectivity index (χ1) is 8.92. The normalized spacial score (nSPS) is 12.4. The van der Waals surface area contributed by atoms with Gasteiger partial charge < -0.3 is 10.9 Å². The zero-order valence-corrected chi connectivity index (χ0v) is 12.3. The fraction of sp³-hybridized carbons (Fsp3) is 0.533. The van der Waals surface area contributed by atoms with E-state index in [4.69, 9.17) is 10.9 Å². The molecule has 0 aliphatic heterocycles. The number of rotatable bonds is 6. The highest BCUT2D eigenvalue weighted by molar-refractivity contribution is 5.79. The van der Waals surface area contributed by atoms with Crippen LogP contribution >= 0.6 is 0 Å². The average Bonchev–Trinajstić information content (AvgIpc) is 2.32. The minimum Gasteiger partial charge on any atom is -0.409 e. The van der Waals surface area contributed by atoms with Crippen LogP contribution in [0.25, 0.3) is 0 Å². The molecule has 0 radical (unpaired) electrons. The Morgan fingerprint density at radius 3 is 2.32 bits per heavy atom. The van der Waals surface area contributed by atoms with E-state index < -0.39 is 0 Å². The number of hydrogen-bond acceptors (Lipinski definition) is 3. The van der Waals surface area contributed by atoms with E-state index in [9.17, 15) is 0 Å². The van der Waals surface area contributed by atoms with Gasteiger partial charge in [0, 0.05) is 25.6 Å². The van der Waals surface area contributed by atoms with E-state index in [0.29, 0.717) is 12.5 Å². The molecule has 1 aromatic rings. The Kier molecular flexibility index (Phi) is 5.83. The highest BCUT2D eigenvalue weighted by Gasteiger charge is 2.11. The molecule has 0 bridgehead atoms. The van der Waals surface area contributed by atoms with Gasteiger partial charge in [0.2, 0.25) is 0 Å². The first-order valence-corrected chi connectivity index (χ1v) is 6.70. The fourth-order valence-electron chi connectivity index (χ4n) is 2.22. The van der Waals surface area contributed by atoms with Crippen LogP contribution in [0.3, 0.4) is 0 Å². The van der Waals surface area contributed by atoms with Gasteiger partial charge in [0.1, 0.15) is 5.84 Å². The Labute approximate surface area is 115 Å². The summed E-state index contributed by atoms with van der Waals surface area (Å²) < 4.78 is 0.